The Hall–Kier alpha value is -2.37. The van der Waals surface area contributed by atoms with Gasteiger partial charge in [0, 0.05) is 0 Å². The summed E-state index contributed by atoms with van der Waals surface area (Å²) in [6.45, 7) is 2.78. The van der Waals surface area contributed by atoms with Crippen molar-refractivity contribution in [2.75, 3.05) is 11.9 Å². The third-order valence-electron chi connectivity index (χ3n) is 2.40. The predicted octanol–water partition coefficient (Wildman–Crippen LogP) is 1.71. The van der Waals surface area contributed by atoms with Crippen LogP contribution in [0.15, 0.2) is 36.9 Å². The number of nitrogens with zero attached hydrogens (tertiary/aromatic N) is 3. The Morgan fingerprint density at radius 1 is 1.42 bits per heavy atom. The van der Waals surface area contributed by atoms with Gasteiger partial charge in [0.05, 0.1) is 12.3 Å². The Morgan fingerprint density at radius 3 is 3.00 bits per heavy atom. The van der Waals surface area contributed by atoms with Crippen LogP contribution in [-0.2, 0) is 11.3 Å². The molecule has 1 amide bonds. The molecule has 0 atom stereocenters. The zero-order chi connectivity index (χ0) is 13.5. The van der Waals surface area contributed by atoms with Gasteiger partial charge in [-0.05, 0) is 18.6 Å². The van der Waals surface area contributed by atoms with Crippen LogP contribution < -0.4 is 10.1 Å². The fraction of sp³-hybridized carbons (Fsp3) is 0.308. The first kappa shape index (κ1) is 13.1. The summed E-state index contributed by atoms with van der Waals surface area (Å²) in [5.74, 6) is 0.509. The lowest BCUT2D eigenvalue weighted by Crippen LogP contribution is -2.19. The molecule has 0 radical (unpaired) electrons. The summed E-state index contributed by atoms with van der Waals surface area (Å²) in [6, 6.07) is 7.37. The minimum Gasteiger partial charge on any atom is -0.491 e. The van der Waals surface area contributed by atoms with Gasteiger partial charge in [-0.1, -0.05) is 19.1 Å². The highest BCUT2D eigenvalue weighted by molar-refractivity contribution is 5.92. The molecule has 1 N–H and O–H groups in total. The molecule has 0 saturated carbocycles. The van der Waals surface area contributed by atoms with Crippen LogP contribution in [0, 0.1) is 0 Å². The van der Waals surface area contributed by atoms with Gasteiger partial charge in [0.25, 0.3) is 0 Å². The maximum atomic E-state index is 11.9. The standard InChI is InChI=1S/C13H16N4O2/c1-2-7-19-12-6-4-3-5-11(12)16-13(18)8-17-10-14-9-15-17/h3-6,9-10H,2,7-8H2,1H3,(H,16,18). The molecule has 1 heterocycles. The van der Waals surface area contributed by atoms with E-state index < -0.39 is 0 Å². The molecule has 6 nitrogen and oxygen atoms in total. The number of benzene rings is 1. The Morgan fingerprint density at radius 2 is 2.26 bits per heavy atom. The minimum atomic E-state index is -0.168. The van der Waals surface area contributed by atoms with Crippen molar-refractivity contribution in [1.29, 1.82) is 0 Å². The Kier molecular flexibility index (Phi) is 4.49. The van der Waals surface area contributed by atoms with Gasteiger partial charge in [-0.3, -0.25) is 4.79 Å². The Labute approximate surface area is 111 Å². The molecule has 100 valence electrons. The number of anilines is 1. The molecule has 1 aromatic heterocycles. The lowest BCUT2D eigenvalue weighted by atomic mass is 10.3. The first-order valence-corrected chi connectivity index (χ1v) is 6.13. The second-order valence-electron chi connectivity index (χ2n) is 3.99. The van der Waals surface area contributed by atoms with Crippen molar-refractivity contribution in [1.82, 2.24) is 14.8 Å². The summed E-state index contributed by atoms with van der Waals surface area (Å²) >= 11 is 0. The van der Waals surface area contributed by atoms with E-state index in [1.54, 1.807) is 0 Å². The maximum Gasteiger partial charge on any atom is 0.246 e. The van der Waals surface area contributed by atoms with E-state index in [0.29, 0.717) is 18.0 Å². The summed E-state index contributed by atoms with van der Waals surface area (Å²) in [7, 11) is 0. The largest absolute Gasteiger partial charge is 0.491 e. The summed E-state index contributed by atoms with van der Waals surface area (Å²) in [5, 5.41) is 6.69. The maximum absolute atomic E-state index is 11.9. The van der Waals surface area contributed by atoms with E-state index in [0.717, 1.165) is 6.42 Å². The van der Waals surface area contributed by atoms with Crippen LogP contribution >= 0.6 is 0 Å². The van der Waals surface area contributed by atoms with Crippen molar-refractivity contribution in [3.8, 4) is 5.75 Å². The van der Waals surface area contributed by atoms with E-state index in [2.05, 4.69) is 15.4 Å². The molecule has 2 rings (SSSR count). The number of carbonyl (C=O) groups excluding carboxylic acids is 1. The number of hydrogen-bond donors (Lipinski definition) is 1. The minimum absolute atomic E-state index is 0.127. The molecule has 0 aliphatic heterocycles. The second kappa shape index (κ2) is 6.53. The van der Waals surface area contributed by atoms with Crippen LogP contribution in [0.4, 0.5) is 5.69 Å². The highest BCUT2D eigenvalue weighted by atomic mass is 16.5. The molecule has 0 unspecified atom stereocenters. The molecule has 0 saturated heterocycles. The van der Waals surface area contributed by atoms with Crippen LogP contribution in [0.5, 0.6) is 5.75 Å². The van der Waals surface area contributed by atoms with Crippen molar-refractivity contribution in [2.45, 2.75) is 19.9 Å². The summed E-state index contributed by atoms with van der Waals surface area (Å²) in [6.07, 6.45) is 3.81. The van der Waals surface area contributed by atoms with Gasteiger partial charge in [0.15, 0.2) is 0 Å². The molecule has 0 aliphatic carbocycles. The SMILES string of the molecule is CCCOc1ccccc1NC(=O)Cn1cncn1. The van der Waals surface area contributed by atoms with Crippen molar-refractivity contribution < 1.29 is 9.53 Å². The summed E-state index contributed by atoms with van der Waals surface area (Å²) < 4.78 is 7.04. The average molecular weight is 260 g/mol. The third-order valence-corrected chi connectivity index (χ3v) is 2.40. The van der Waals surface area contributed by atoms with Gasteiger partial charge in [0.1, 0.15) is 24.9 Å². The highest BCUT2D eigenvalue weighted by Crippen LogP contribution is 2.23. The molecule has 0 aliphatic rings. The van der Waals surface area contributed by atoms with Crippen LogP contribution in [0.25, 0.3) is 0 Å². The summed E-state index contributed by atoms with van der Waals surface area (Å²) in [4.78, 5) is 15.6. The van der Waals surface area contributed by atoms with Crippen LogP contribution in [0.2, 0.25) is 0 Å². The van der Waals surface area contributed by atoms with Crippen LogP contribution in [0.1, 0.15) is 13.3 Å². The normalized spacial score (nSPS) is 10.2. The van der Waals surface area contributed by atoms with Crippen LogP contribution in [0.3, 0.4) is 0 Å². The average Bonchev–Trinajstić information content (AvgIpc) is 2.90. The molecular weight excluding hydrogens is 244 g/mol. The molecular formula is C13H16N4O2. The van der Waals surface area contributed by atoms with E-state index in [4.69, 9.17) is 4.74 Å². The number of para-hydroxylation sites is 2. The van der Waals surface area contributed by atoms with Gasteiger partial charge in [-0.15, -0.1) is 0 Å². The monoisotopic (exact) mass is 260 g/mol. The number of aromatic nitrogens is 3. The number of ether oxygens (including phenoxy) is 1. The highest BCUT2D eigenvalue weighted by Gasteiger charge is 2.08. The van der Waals surface area contributed by atoms with Gasteiger partial charge in [-0.2, -0.15) is 5.10 Å². The van der Waals surface area contributed by atoms with E-state index in [1.807, 2.05) is 31.2 Å². The zero-order valence-electron chi connectivity index (χ0n) is 10.7. The van der Waals surface area contributed by atoms with Gasteiger partial charge in [0.2, 0.25) is 5.91 Å². The first-order chi connectivity index (χ1) is 9.29. The fourth-order valence-corrected chi connectivity index (χ4v) is 1.56. The topological polar surface area (TPSA) is 69.0 Å². The van der Waals surface area contributed by atoms with Crippen molar-refractivity contribution in [3.05, 3.63) is 36.9 Å². The molecule has 1 aromatic carbocycles. The van der Waals surface area contributed by atoms with E-state index in [1.165, 1.54) is 17.3 Å². The van der Waals surface area contributed by atoms with Gasteiger partial charge >= 0.3 is 0 Å². The van der Waals surface area contributed by atoms with Crippen molar-refractivity contribution in [2.24, 2.45) is 0 Å². The molecule has 2 aromatic rings. The zero-order valence-corrected chi connectivity index (χ0v) is 10.7. The molecule has 0 bridgehead atoms. The van der Waals surface area contributed by atoms with Crippen molar-refractivity contribution in [3.63, 3.8) is 0 Å². The van der Waals surface area contributed by atoms with Gasteiger partial charge < -0.3 is 10.1 Å². The number of nitrogens with one attached hydrogen (secondary N) is 1. The molecule has 0 spiro atoms. The number of carbonyl (C=O) groups is 1. The first-order valence-electron chi connectivity index (χ1n) is 6.13. The summed E-state index contributed by atoms with van der Waals surface area (Å²) in [5.41, 5.74) is 0.668. The van der Waals surface area contributed by atoms with Gasteiger partial charge in [-0.25, -0.2) is 9.67 Å². The second-order valence-corrected chi connectivity index (χ2v) is 3.99. The lowest BCUT2D eigenvalue weighted by molar-refractivity contribution is -0.116. The quantitative estimate of drug-likeness (QED) is 0.858. The number of hydrogen-bond acceptors (Lipinski definition) is 4. The Bertz CT molecular complexity index is 525. The Balaban J connectivity index is 1.99. The third kappa shape index (κ3) is 3.80. The lowest BCUT2D eigenvalue weighted by Gasteiger charge is -2.11. The van der Waals surface area contributed by atoms with Crippen LogP contribution in [-0.4, -0.2) is 27.3 Å². The van der Waals surface area contributed by atoms with E-state index in [9.17, 15) is 4.79 Å². The van der Waals surface area contributed by atoms with Crippen molar-refractivity contribution >= 4 is 11.6 Å². The molecule has 0 fully saturated rings. The smallest absolute Gasteiger partial charge is 0.246 e. The molecule has 6 heteroatoms. The number of rotatable bonds is 6. The number of amides is 1. The predicted molar refractivity (Wildman–Crippen MR) is 70.9 cm³/mol. The van der Waals surface area contributed by atoms with E-state index in [-0.39, 0.29) is 12.5 Å². The van der Waals surface area contributed by atoms with E-state index >= 15 is 0 Å². The fourth-order valence-electron chi connectivity index (χ4n) is 1.56. The molecule has 19 heavy (non-hydrogen) atoms.